The van der Waals surface area contributed by atoms with Gasteiger partial charge in [-0.2, -0.15) is 23.1 Å². The average molecular weight is 565 g/mol. The fraction of sp³-hybridized carbons (Fsp3) is 0.538. The highest BCUT2D eigenvalue weighted by atomic mass is 19.4. The highest BCUT2D eigenvalue weighted by Crippen LogP contribution is 2.31. The molecule has 0 spiro atoms. The van der Waals surface area contributed by atoms with Crippen LogP contribution >= 0.6 is 0 Å². The molecular formula is C26H35F3N8O3. The first kappa shape index (κ1) is 29.3. The average Bonchev–Trinajstić information content (AvgIpc) is 2.85. The van der Waals surface area contributed by atoms with Gasteiger partial charge in [0.1, 0.15) is 11.3 Å². The fourth-order valence-electron chi connectivity index (χ4n) is 4.80. The molecule has 0 amide bonds. The SMILES string of the molecule is COCC(C)Nc1nc(Oc2cccc3[nH]c(=O)c(N)nc23)cc(N2CCN(CC(F)(F)F)C(CC(C)C)C2)n1. The van der Waals surface area contributed by atoms with Crippen molar-refractivity contribution in [3.05, 3.63) is 34.6 Å². The second-order valence-electron chi connectivity index (χ2n) is 10.4. The maximum Gasteiger partial charge on any atom is 0.401 e. The van der Waals surface area contributed by atoms with Gasteiger partial charge in [-0.3, -0.25) is 9.69 Å². The number of rotatable bonds is 10. The van der Waals surface area contributed by atoms with Crippen molar-refractivity contribution in [3.63, 3.8) is 0 Å². The number of hydrogen-bond acceptors (Lipinski definition) is 10. The molecule has 218 valence electrons. The van der Waals surface area contributed by atoms with Crippen molar-refractivity contribution in [3.8, 4) is 11.6 Å². The summed E-state index contributed by atoms with van der Waals surface area (Å²) in [5, 5.41) is 3.19. The van der Waals surface area contributed by atoms with E-state index in [0.717, 1.165) is 0 Å². The van der Waals surface area contributed by atoms with Gasteiger partial charge >= 0.3 is 6.18 Å². The van der Waals surface area contributed by atoms with Crippen LogP contribution in [0.15, 0.2) is 29.1 Å². The van der Waals surface area contributed by atoms with E-state index >= 15 is 0 Å². The van der Waals surface area contributed by atoms with Crippen LogP contribution in [0.25, 0.3) is 11.0 Å². The van der Waals surface area contributed by atoms with Crippen molar-refractivity contribution >= 4 is 28.6 Å². The Labute approximate surface area is 229 Å². The lowest BCUT2D eigenvalue weighted by molar-refractivity contribution is -0.152. The van der Waals surface area contributed by atoms with Gasteiger partial charge in [0.2, 0.25) is 11.8 Å². The first-order chi connectivity index (χ1) is 18.9. The van der Waals surface area contributed by atoms with Gasteiger partial charge in [0.05, 0.1) is 18.7 Å². The van der Waals surface area contributed by atoms with Crippen LogP contribution in [0.1, 0.15) is 27.2 Å². The third kappa shape index (κ3) is 7.50. The number of benzene rings is 1. The number of nitrogen functional groups attached to an aromatic ring is 1. The quantitative estimate of drug-likeness (QED) is 0.335. The Kier molecular flexibility index (Phi) is 8.98. The molecule has 2 unspecified atom stereocenters. The van der Waals surface area contributed by atoms with Crippen molar-refractivity contribution in [1.29, 1.82) is 0 Å². The number of aromatic nitrogens is 4. The topological polar surface area (TPSA) is 135 Å². The Morgan fingerprint density at radius 2 is 1.98 bits per heavy atom. The van der Waals surface area contributed by atoms with E-state index in [2.05, 4.69) is 25.3 Å². The predicted octanol–water partition coefficient (Wildman–Crippen LogP) is 3.63. The summed E-state index contributed by atoms with van der Waals surface area (Å²) in [5.41, 5.74) is 6.02. The number of H-pyrrole nitrogens is 1. The third-order valence-electron chi connectivity index (χ3n) is 6.46. The Morgan fingerprint density at radius 1 is 1.20 bits per heavy atom. The number of alkyl halides is 3. The number of aromatic amines is 1. The van der Waals surface area contributed by atoms with Crippen molar-refractivity contribution in [1.82, 2.24) is 24.8 Å². The predicted molar refractivity (Wildman–Crippen MR) is 147 cm³/mol. The summed E-state index contributed by atoms with van der Waals surface area (Å²) >= 11 is 0. The fourth-order valence-corrected chi connectivity index (χ4v) is 4.80. The summed E-state index contributed by atoms with van der Waals surface area (Å²) in [6.07, 6.45) is -3.67. The van der Waals surface area contributed by atoms with Crippen molar-refractivity contribution < 1.29 is 22.6 Å². The number of nitrogens with one attached hydrogen (secondary N) is 2. The number of anilines is 3. The molecular weight excluding hydrogens is 529 g/mol. The second kappa shape index (κ2) is 12.3. The summed E-state index contributed by atoms with van der Waals surface area (Å²) in [7, 11) is 1.59. The van der Waals surface area contributed by atoms with E-state index < -0.39 is 18.3 Å². The van der Waals surface area contributed by atoms with E-state index in [1.165, 1.54) is 4.90 Å². The number of fused-ring (bicyclic) bond motifs is 1. The maximum atomic E-state index is 13.3. The molecule has 1 aliphatic heterocycles. The van der Waals surface area contributed by atoms with Gasteiger partial charge < -0.3 is 30.4 Å². The number of para-hydroxylation sites is 1. The highest BCUT2D eigenvalue weighted by molar-refractivity contribution is 5.82. The molecule has 4 rings (SSSR count). The molecule has 1 saturated heterocycles. The molecule has 3 heterocycles. The van der Waals surface area contributed by atoms with Gasteiger partial charge in [-0.1, -0.05) is 19.9 Å². The number of halogens is 3. The summed E-state index contributed by atoms with van der Waals surface area (Å²) in [5.74, 6) is 1.31. The maximum absolute atomic E-state index is 13.3. The Morgan fingerprint density at radius 3 is 2.67 bits per heavy atom. The van der Waals surface area contributed by atoms with E-state index in [4.69, 9.17) is 15.2 Å². The minimum Gasteiger partial charge on any atom is -0.436 e. The van der Waals surface area contributed by atoms with Crippen LogP contribution in [-0.4, -0.2) is 83.0 Å². The van der Waals surface area contributed by atoms with Gasteiger partial charge in [-0.25, -0.2) is 4.98 Å². The Bertz CT molecular complexity index is 1370. The number of hydrogen-bond donors (Lipinski definition) is 3. The number of nitrogens with two attached hydrogens (primary N) is 1. The smallest absolute Gasteiger partial charge is 0.401 e. The van der Waals surface area contributed by atoms with Crippen LogP contribution in [0.3, 0.4) is 0 Å². The Balaban J connectivity index is 1.68. The van der Waals surface area contributed by atoms with Crippen molar-refractivity contribution in [2.24, 2.45) is 5.92 Å². The van der Waals surface area contributed by atoms with E-state index in [9.17, 15) is 18.0 Å². The molecule has 0 bridgehead atoms. The first-order valence-electron chi connectivity index (χ1n) is 13.1. The molecule has 1 aliphatic rings. The number of nitrogens with zero attached hydrogens (tertiary/aromatic N) is 5. The lowest BCUT2D eigenvalue weighted by Gasteiger charge is -2.43. The van der Waals surface area contributed by atoms with Gasteiger partial charge in [-0.15, -0.1) is 0 Å². The van der Waals surface area contributed by atoms with Gasteiger partial charge in [0, 0.05) is 44.9 Å². The molecule has 1 fully saturated rings. The zero-order valence-corrected chi connectivity index (χ0v) is 23.0. The lowest BCUT2D eigenvalue weighted by Crippen LogP contribution is -2.56. The normalized spacial score (nSPS) is 17.4. The molecule has 11 nitrogen and oxygen atoms in total. The zero-order chi connectivity index (χ0) is 29.0. The van der Waals surface area contributed by atoms with Crippen LogP contribution in [0.2, 0.25) is 0 Å². The van der Waals surface area contributed by atoms with Crippen LogP contribution < -0.4 is 26.2 Å². The largest absolute Gasteiger partial charge is 0.436 e. The molecule has 1 aromatic carbocycles. The zero-order valence-electron chi connectivity index (χ0n) is 23.0. The lowest BCUT2D eigenvalue weighted by atomic mass is 10.00. The summed E-state index contributed by atoms with van der Waals surface area (Å²) in [6.45, 7) is 6.31. The standard InChI is InChI=1S/C26H35F3N8O3/c1-15(2)10-17-12-36(8-9-37(17)14-26(27,28)29)20-11-21(34-25(33-20)31-16(3)13-39-4)40-19-7-5-6-18-22(19)35-23(30)24(38)32-18/h5-7,11,15-17H,8-10,12-14H2,1-4H3,(H2,30,35)(H,32,38)(H,31,33,34). The van der Waals surface area contributed by atoms with Crippen LogP contribution in [0, 0.1) is 5.92 Å². The Hall–Kier alpha value is -3.65. The van der Waals surface area contributed by atoms with Gasteiger partial charge in [0.15, 0.2) is 11.6 Å². The van der Waals surface area contributed by atoms with Crippen LogP contribution in [0.4, 0.5) is 30.8 Å². The molecule has 14 heteroatoms. The second-order valence-corrected chi connectivity index (χ2v) is 10.4. The summed E-state index contributed by atoms with van der Waals surface area (Å²) in [4.78, 5) is 31.4. The minimum absolute atomic E-state index is 0.130. The molecule has 3 aromatic rings. The monoisotopic (exact) mass is 564 g/mol. The third-order valence-corrected chi connectivity index (χ3v) is 6.46. The van der Waals surface area contributed by atoms with E-state index in [1.54, 1.807) is 31.4 Å². The number of methoxy groups -OCH3 is 1. The van der Waals surface area contributed by atoms with Gasteiger partial charge in [0.25, 0.3) is 5.56 Å². The van der Waals surface area contributed by atoms with E-state index in [1.807, 2.05) is 25.7 Å². The van der Waals surface area contributed by atoms with E-state index in [-0.39, 0.29) is 42.2 Å². The van der Waals surface area contributed by atoms with Crippen molar-refractivity contribution in [2.45, 2.75) is 45.5 Å². The summed E-state index contributed by atoms with van der Waals surface area (Å²) < 4.78 is 51.2. The molecule has 40 heavy (non-hydrogen) atoms. The molecule has 4 N–H and O–H groups in total. The summed E-state index contributed by atoms with van der Waals surface area (Å²) in [6, 6.07) is 6.26. The molecule has 0 aliphatic carbocycles. The number of ether oxygens (including phenoxy) is 2. The minimum atomic E-state index is -4.28. The first-order valence-corrected chi connectivity index (χ1v) is 13.1. The van der Waals surface area contributed by atoms with Crippen LogP contribution in [0.5, 0.6) is 11.6 Å². The van der Waals surface area contributed by atoms with Crippen molar-refractivity contribution in [2.75, 3.05) is 55.8 Å². The van der Waals surface area contributed by atoms with E-state index in [0.29, 0.717) is 48.7 Å². The highest BCUT2D eigenvalue weighted by Gasteiger charge is 2.37. The molecule has 0 radical (unpaired) electrons. The van der Waals surface area contributed by atoms with Gasteiger partial charge in [-0.05, 0) is 31.4 Å². The molecule has 2 atom stereocenters. The van der Waals surface area contributed by atoms with Crippen LogP contribution in [-0.2, 0) is 4.74 Å². The molecule has 2 aromatic heterocycles. The molecule has 0 saturated carbocycles. The number of piperazine rings is 1.